The average molecular weight is 219 g/mol. The molecule has 0 bridgehead atoms. The quantitative estimate of drug-likeness (QED) is 0.725. The zero-order valence-electron chi connectivity index (χ0n) is 7.58. The van der Waals surface area contributed by atoms with E-state index >= 15 is 0 Å². The Morgan fingerprint density at radius 3 is 2.92 bits per heavy atom. The molecule has 0 aliphatic rings. The predicted octanol–water partition coefficient (Wildman–Crippen LogP) is 1.76. The van der Waals surface area contributed by atoms with Crippen molar-refractivity contribution in [3.63, 3.8) is 0 Å². The Hall–Kier alpha value is -0.610. The van der Waals surface area contributed by atoms with Crippen LogP contribution in [0.1, 0.15) is 14.7 Å². The van der Waals surface area contributed by atoms with Gasteiger partial charge in [-0.1, -0.05) is 0 Å². The lowest BCUT2D eigenvalue weighted by Gasteiger charge is -2.13. The van der Waals surface area contributed by atoms with Gasteiger partial charge in [-0.2, -0.15) is 0 Å². The van der Waals surface area contributed by atoms with E-state index in [1.807, 2.05) is 6.92 Å². The summed E-state index contributed by atoms with van der Waals surface area (Å²) in [4.78, 5) is 17.9. The van der Waals surface area contributed by atoms with E-state index in [1.165, 1.54) is 11.3 Å². The molecule has 72 valence electrons. The van der Waals surface area contributed by atoms with E-state index in [9.17, 15) is 4.79 Å². The van der Waals surface area contributed by atoms with Gasteiger partial charge in [-0.25, -0.2) is 4.98 Å². The van der Waals surface area contributed by atoms with Crippen molar-refractivity contribution in [2.24, 2.45) is 0 Å². The topological polar surface area (TPSA) is 33.2 Å². The molecule has 0 aliphatic heterocycles. The minimum atomic E-state index is -0.00810. The molecule has 0 aliphatic carbocycles. The molecule has 13 heavy (non-hydrogen) atoms. The molecule has 1 rings (SSSR count). The van der Waals surface area contributed by atoms with Crippen molar-refractivity contribution in [2.45, 2.75) is 6.92 Å². The number of amides is 1. The molecular weight excluding hydrogens is 208 g/mol. The Labute approximate surface area is 86.3 Å². The molecule has 3 nitrogen and oxygen atoms in total. The van der Waals surface area contributed by atoms with Crippen molar-refractivity contribution < 1.29 is 4.79 Å². The summed E-state index contributed by atoms with van der Waals surface area (Å²) in [6.07, 6.45) is 1.60. The van der Waals surface area contributed by atoms with E-state index in [0.29, 0.717) is 17.3 Å². The number of hydrogen-bond donors (Lipinski definition) is 0. The molecule has 0 atom stereocenters. The summed E-state index contributed by atoms with van der Waals surface area (Å²) >= 11 is 6.93. The van der Waals surface area contributed by atoms with Gasteiger partial charge < -0.3 is 4.90 Å². The molecule has 0 spiro atoms. The zero-order chi connectivity index (χ0) is 9.84. The van der Waals surface area contributed by atoms with Gasteiger partial charge >= 0.3 is 0 Å². The highest BCUT2D eigenvalue weighted by atomic mass is 35.5. The maximum Gasteiger partial charge on any atom is 0.265 e. The molecule has 0 saturated carbocycles. The van der Waals surface area contributed by atoms with Gasteiger partial charge in [0.1, 0.15) is 4.88 Å². The highest BCUT2D eigenvalue weighted by Gasteiger charge is 2.13. The molecule has 0 aromatic carbocycles. The van der Waals surface area contributed by atoms with E-state index in [2.05, 4.69) is 4.98 Å². The van der Waals surface area contributed by atoms with Gasteiger partial charge in [0.15, 0.2) is 0 Å². The number of aromatic nitrogens is 1. The number of alkyl halides is 1. The largest absolute Gasteiger partial charge is 0.340 e. The molecule has 1 aromatic heterocycles. The second kappa shape index (κ2) is 4.58. The monoisotopic (exact) mass is 218 g/mol. The van der Waals surface area contributed by atoms with E-state index < -0.39 is 0 Å². The van der Waals surface area contributed by atoms with Crippen molar-refractivity contribution in [3.05, 3.63) is 16.1 Å². The summed E-state index contributed by atoms with van der Waals surface area (Å²) in [5, 5.41) is 0.905. The van der Waals surface area contributed by atoms with Crippen LogP contribution < -0.4 is 0 Å². The highest BCUT2D eigenvalue weighted by molar-refractivity contribution is 7.13. The van der Waals surface area contributed by atoms with Crippen LogP contribution in [0.25, 0.3) is 0 Å². The van der Waals surface area contributed by atoms with Crippen molar-refractivity contribution in [3.8, 4) is 0 Å². The Morgan fingerprint density at radius 1 is 1.77 bits per heavy atom. The number of halogens is 1. The second-order valence-electron chi connectivity index (χ2n) is 2.66. The molecule has 0 unspecified atom stereocenters. The van der Waals surface area contributed by atoms with Gasteiger partial charge in [0.2, 0.25) is 0 Å². The number of hydrogen-bond acceptors (Lipinski definition) is 3. The van der Waals surface area contributed by atoms with Crippen LogP contribution in [0.4, 0.5) is 0 Å². The number of aryl methyl sites for hydroxylation is 1. The van der Waals surface area contributed by atoms with Gasteiger partial charge in [-0.15, -0.1) is 22.9 Å². The summed E-state index contributed by atoms with van der Waals surface area (Å²) < 4.78 is 0. The van der Waals surface area contributed by atoms with Gasteiger partial charge in [0, 0.05) is 19.5 Å². The van der Waals surface area contributed by atoms with Crippen LogP contribution in [-0.2, 0) is 0 Å². The number of thiazole rings is 1. The first kappa shape index (κ1) is 10.5. The Bertz CT molecular complexity index is 300. The van der Waals surface area contributed by atoms with E-state index in [-0.39, 0.29) is 5.91 Å². The second-order valence-corrected chi connectivity index (χ2v) is 4.27. The summed E-state index contributed by atoms with van der Waals surface area (Å²) in [7, 11) is 1.74. The third-order valence-electron chi connectivity index (χ3n) is 1.60. The minimum absolute atomic E-state index is 0.00810. The Kier molecular flexibility index (Phi) is 3.69. The van der Waals surface area contributed by atoms with Crippen molar-refractivity contribution in [2.75, 3.05) is 19.5 Å². The number of carbonyl (C=O) groups is 1. The number of nitrogens with zero attached hydrogens (tertiary/aromatic N) is 2. The summed E-state index contributed by atoms with van der Waals surface area (Å²) in [6, 6.07) is 0. The van der Waals surface area contributed by atoms with Crippen LogP contribution >= 0.6 is 22.9 Å². The fraction of sp³-hybridized carbons (Fsp3) is 0.500. The molecule has 0 fully saturated rings. The normalized spacial score (nSPS) is 10.1. The van der Waals surface area contributed by atoms with Gasteiger partial charge in [-0.3, -0.25) is 4.79 Å². The first-order chi connectivity index (χ1) is 6.15. The SMILES string of the molecule is Cc1ncc(C(=O)N(C)CCCl)s1. The lowest BCUT2D eigenvalue weighted by atomic mass is 10.4. The maximum absolute atomic E-state index is 11.6. The average Bonchev–Trinajstić information content (AvgIpc) is 2.51. The molecule has 0 saturated heterocycles. The molecule has 1 aromatic rings. The van der Waals surface area contributed by atoms with E-state index in [1.54, 1.807) is 18.1 Å². The van der Waals surface area contributed by atoms with Gasteiger partial charge in [0.05, 0.1) is 11.2 Å². The smallest absolute Gasteiger partial charge is 0.265 e. The first-order valence-electron chi connectivity index (χ1n) is 3.89. The Morgan fingerprint density at radius 2 is 2.46 bits per heavy atom. The summed E-state index contributed by atoms with van der Waals surface area (Å²) in [5.41, 5.74) is 0. The fourth-order valence-electron chi connectivity index (χ4n) is 0.877. The van der Waals surface area contributed by atoms with Crippen LogP contribution in [0.5, 0.6) is 0 Å². The molecular formula is C8H11ClN2OS. The third-order valence-corrected chi connectivity index (χ3v) is 2.67. The van der Waals surface area contributed by atoms with Crippen molar-refractivity contribution in [1.82, 2.24) is 9.88 Å². The van der Waals surface area contributed by atoms with Crippen LogP contribution in [0.15, 0.2) is 6.20 Å². The molecule has 0 N–H and O–H groups in total. The van der Waals surface area contributed by atoms with Crippen LogP contribution in [-0.4, -0.2) is 35.3 Å². The molecule has 0 radical (unpaired) electrons. The maximum atomic E-state index is 11.6. The van der Waals surface area contributed by atoms with Crippen LogP contribution in [0.3, 0.4) is 0 Å². The molecule has 5 heteroatoms. The fourth-order valence-corrected chi connectivity index (χ4v) is 1.90. The number of rotatable bonds is 3. The predicted molar refractivity (Wildman–Crippen MR) is 54.5 cm³/mol. The van der Waals surface area contributed by atoms with E-state index in [4.69, 9.17) is 11.6 Å². The van der Waals surface area contributed by atoms with Gasteiger partial charge in [-0.05, 0) is 6.92 Å². The zero-order valence-corrected chi connectivity index (χ0v) is 9.15. The standard InChI is InChI=1S/C8H11ClN2OS/c1-6-10-5-7(13-6)8(12)11(2)4-3-9/h5H,3-4H2,1-2H3. The number of carbonyl (C=O) groups excluding carboxylic acids is 1. The third kappa shape index (κ3) is 2.67. The minimum Gasteiger partial charge on any atom is -0.340 e. The Balaban J connectivity index is 2.67. The summed E-state index contributed by atoms with van der Waals surface area (Å²) in [6.45, 7) is 2.44. The molecule has 1 amide bonds. The van der Waals surface area contributed by atoms with Gasteiger partial charge in [0.25, 0.3) is 5.91 Å². The van der Waals surface area contributed by atoms with Crippen LogP contribution in [0.2, 0.25) is 0 Å². The first-order valence-corrected chi connectivity index (χ1v) is 5.24. The highest BCUT2D eigenvalue weighted by Crippen LogP contribution is 2.13. The lowest BCUT2D eigenvalue weighted by Crippen LogP contribution is -2.27. The lowest BCUT2D eigenvalue weighted by molar-refractivity contribution is 0.0808. The summed E-state index contributed by atoms with van der Waals surface area (Å²) in [5.74, 6) is 0.450. The van der Waals surface area contributed by atoms with E-state index in [0.717, 1.165) is 5.01 Å². The van der Waals surface area contributed by atoms with Crippen molar-refractivity contribution >= 4 is 28.8 Å². The molecule has 1 heterocycles. The van der Waals surface area contributed by atoms with Crippen molar-refractivity contribution in [1.29, 1.82) is 0 Å². The van der Waals surface area contributed by atoms with Crippen LogP contribution in [0, 0.1) is 6.92 Å².